The van der Waals surface area contributed by atoms with Crippen LogP contribution in [-0.2, 0) is 4.79 Å². The van der Waals surface area contributed by atoms with Crippen molar-refractivity contribution in [3.63, 3.8) is 0 Å². The van der Waals surface area contributed by atoms with Crippen LogP contribution in [0.5, 0.6) is 0 Å². The Morgan fingerprint density at radius 1 is 1.18 bits per heavy atom. The zero-order valence-electron chi connectivity index (χ0n) is 14.4. The molecule has 1 rings (SSSR count). The molecule has 0 aromatic rings. The van der Waals surface area contributed by atoms with Crippen LogP contribution in [-0.4, -0.2) is 50.0 Å². The van der Waals surface area contributed by atoms with E-state index < -0.39 is 0 Å². The van der Waals surface area contributed by atoms with Gasteiger partial charge < -0.3 is 15.5 Å². The van der Waals surface area contributed by atoms with E-state index in [9.17, 15) is 4.79 Å². The number of amides is 1. The third kappa shape index (κ3) is 9.48. The monoisotopic (exact) mass is 424 g/mol. The van der Waals surface area contributed by atoms with E-state index in [0.717, 1.165) is 18.9 Å². The quantitative estimate of drug-likeness (QED) is 0.286. The summed E-state index contributed by atoms with van der Waals surface area (Å²) in [5, 5.41) is 6.86. The first-order valence-corrected chi connectivity index (χ1v) is 8.38. The summed E-state index contributed by atoms with van der Waals surface area (Å²) < 4.78 is 0. The second kappa shape index (κ2) is 13.0. The summed E-state index contributed by atoms with van der Waals surface area (Å²) in [6.07, 6.45) is 9.91. The van der Waals surface area contributed by atoms with Crippen molar-refractivity contribution in [2.75, 3.05) is 27.2 Å². The van der Waals surface area contributed by atoms with Gasteiger partial charge in [0.1, 0.15) is 6.54 Å². The lowest BCUT2D eigenvalue weighted by molar-refractivity contribution is -0.127. The van der Waals surface area contributed by atoms with E-state index in [0.29, 0.717) is 6.04 Å². The number of hydrogen-bond donors (Lipinski definition) is 2. The molecule has 22 heavy (non-hydrogen) atoms. The predicted molar refractivity (Wildman–Crippen MR) is 104 cm³/mol. The highest BCUT2D eigenvalue weighted by Gasteiger charge is 2.14. The molecule has 0 aromatic heterocycles. The number of hydrogen-bond acceptors (Lipinski definition) is 2. The second-order valence-electron chi connectivity index (χ2n) is 6.07. The Labute approximate surface area is 152 Å². The first kappa shape index (κ1) is 21.5. The molecule has 0 aliphatic heterocycles. The van der Waals surface area contributed by atoms with Crippen molar-refractivity contribution in [2.24, 2.45) is 4.99 Å². The molecule has 0 saturated heterocycles. The van der Waals surface area contributed by atoms with Crippen LogP contribution >= 0.6 is 24.0 Å². The predicted octanol–water partition coefficient (Wildman–Crippen LogP) is 2.75. The normalized spacial score (nSPS) is 15.9. The van der Waals surface area contributed by atoms with Gasteiger partial charge in [-0.15, -0.1) is 24.0 Å². The summed E-state index contributed by atoms with van der Waals surface area (Å²) in [6.45, 7) is 3.33. The van der Waals surface area contributed by atoms with Gasteiger partial charge >= 0.3 is 0 Å². The largest absolute Gasteiger partial charge is 0.356 e. The highest BCUT2D eigenvalue weighted by Crippen LogP contribution is 2.17. The van der Waals surface area contributed by atoms with Crippen molar-refractivity contribution >= 4 is 35.8 Å². The van der Waals surface area contributed by atoms with E-state index >= 15 is 0 Å². The van der Waals surface area contributed by atoms with E-state index in [1.165, 1.54) is 44.9 Å². The Morgan fingerprint density at radius 3 is 2.45 bits per heavy atom. The fraction of sp³-hybridized carbons (Fsp3) is 0.875. The maximum atomic E-state index is 11.7. The van der Waals surface area contributed by atoms with Gasteiger partial charge in [0.05, 0.1) is 0 Å². The SMILES string of the molecule is CCCCCNC(=NCC(=O)N(C)C)NC1CCCCC1.I. The van der Waals surface area contributed by atoms with E-state index in [-0.39, 0.29) is 36.4 Å². The van der Waals surface area contributed by atoms with Gasteiger partial charge in [-0.05, 0) is 19.3 Å². The minimum atomic E-state index is 0. The lowest BCUT2D eigenvalue weighted by Crippen LogP contribution is -2.45. The van der Waals surface area contributed by atoms with Gasteiger partial charge in [-0.25, -0.2) is 4.99 Å². The van der Waals surface area contributed by atoms with E-state index in [4.69, 9.17) is 0 Å². The zero-order chi connectivity index (χ0) is 15.5. The Morgan fingerprint density at radius 2 is 1.86 bits per heavy atom. The molecule has 1 amide bonds. The van der Waals surface area contributed by atoms with Gasteiger partial charge in [-0.1, -0.05) is 39.0 Å². The van der Waals surface area contributed by atoms with E-state index in [2.05, 4.69) is 22.5 Å². The second-order valence-corrected chi connectivity index (χ2v) is 6.07. The Balaban J connectivity index is 0.00000441. The summed E-state index contributed by atoms with van der Waals surface area (Å²) >= 11 is 0. The Bertz CT molecular complexity index is 328. The molecule has 0 atom stereocenters. The average molecular weight is 424 g/mol. The first-order valence-electron chi connectivity index (χ1n) is 8.38. The molecular weight excluding hydrogens is 391 g/mol. The standard InChI is InChI=1S/C16H32N4O.HI/c1-4-5-9-12-17-16(18-13-15(21)20(2)3)19-14-10-7-6-8-11-14;/h14H,4-13H2,1-3H3,(H2,17,18,19);1H. The molecule has 0 radical (unpaired) electrons. The van der Waals surface area contributed by atoms with Crippen molar-refractivity contribution < 1.29 is 4.79 Å². The molecule has 0 bridgehead atoms. The van der Waals surface area contributed by atoms with Gasteiger partial charge in [-0.2, -0.15) is 0 Å². The van der Waals surface area contributed by atoms with Crippen LogP contribution in [0.25, 0.3) is 0 Å². The van der Waals surface area contributed by atoms with Gasteiger partial charge in [0, 0.05) is 26.7 Å². The average Bonchev–Trinajstić information content (AvgIpc) is 2.49. The highest BCUT2D eigenvalue weighted by atomic mass is 127. The van der Waals surface area contributed by atoms with Crippen LogP contribution in [0.4, 0.5) is 0 Å². The minimum Gasteiger partial charge on any atom is -0.356 e. The molecule has 0 heterocycles. The highest BCUT2D eigenvalue weighted by molar-refractivity contribution is 14.0. The fourth-order valence-corrected chi connectivity index (χ4v) is 2.46. The number of nitrogens with zero attached hydrogens (tertiary/aromatic N) is 2. The molecule has 130 valence electrons. The summed E-state index contributed by atoms with van der Waals surface area (Å²) in [5.74, 6) is 0.835. The fourth-order valence-electron chi connectivity index (χ4n) is 2.46. The number of guanidine groups is 1. The minimum absolute atomic E-state index is 0. The number of halogens is 1. The van der Waals surface area contributed by atoms with Gasteiger partial charge in [-0.3, -0.25) is 4.79 Å². The molecule has 1 fully saturated rings. The van der Waals surface area contributed by atoms with Crippen molar-refractivity contribution in [1.29, 1.82) is 0 Å². The van der Waals surface area contributed by atoms with Crippen LogP contribution in [0, 0.1) is 0 Å². The van der Waals surface area contributed by atoms with Crippen molar-refractivity contribution in [1.82, 2.24) is 15.5 Å². The summed E-state index contributed by atoms with van der Waals surface area (Å²) in [6, 6.07) is 0.505. The number of aliphatic imine (C=N–C) groups is 1. The lowest BCUT2D eigenvalue weighted by atomic mass is 9.96. The molecule has 0 spiro atoms. The third-order valence-electron chi connectivity index (χ3n) is 3.89. The van der Waals surface area contributed by atoms with Crippen LogP contribution in [0.1, 0.15) is 58.3 Å². The Hall–Kier alpha value is -0.530. The molecule has 6 heteroatoms. The topological polar surface area (TPSA) is 56.7 Å². The van der Waals surface area contributed by atoms with Gasteiger partial charge in [0.25, 0.3) is 0 Å². The van der Waals surface area contributed by atoms with E-state index in [1.54, 1.807) is 19.0 Å². The summed E-state index contributed by atoms with van der Waals surface area (Å²) in [7, 11) is 3.53. The van der Waals surface area contributed by atoms with Crippen LogP contribution in [0.2, 0.25) is 0 Å². The maximum Gasteiger partial charge on any atom is 0.243 e. The zero-order valence-corrected chi connectivity index (χ0v) is 16.7. The molecule has 0 aromatic carbocycles. The molecule has 1 saturated carbocycles. The van der Waals surface area contributed by atoms with Crippen molar-refractivity contribution in [2.45, 2.75) is 64.3 Å². The summed E-state index contributed by atoms with van der Waals surface area (Å²) in [4.78, 5) is 17.7. The first-order chi connectivity index (χ1) is 10.1. The maximum absolute atomic E-state index is 11.7. The van der Waals surface area contributed by atoms with Crippen molar-refractivity contribution in [3.8, 4) is 0 Å². The number of carbonyl (C=O) groups is 1. The molecule has 1 aliphatic rings. The van der Waals surface area contributed by atoms with E-state index in [1.807, 2.05) is 0 Å². The lowest BCUT2D eigenvalue weighted by Gasteiger charge is -2.25. The molecule has 0 unspecified atom stereocenters. The number of likely N-dealkylation sites (N-methyl/N-ethyl adjacent to an activating group) is 1. The molecule has 2 N–H and O–H groups in total. The Kier molecular flexibility index (Phi) is 12.6. The number of unbranched alkanes of at least 4 members (excludes halogenated alkanes) is 2. The number of rotatable bonds is 7. The van der Waals surface area contributed by atoms with Crippen molar-refractivity contribution in [3.05, 3.63) is 0 Å². The third-order valence-corrected chi connectivity index (χ3v) is 3.89. The molecular formula is C16H33IN4O. The molecule has 5 nitrogen and oxygen atoms in total. The van der Waals surface area contributed by atoms with Gasteiger partial charge in [0.15, 0.2) is 5.96 Å². The van der Waals surface area contributed by atoms with Gasteiger partial charge in [0.2, 0.25) is 5.91 Å². The smallest absolute Gasteiger partial charge is 0.243 e. The summed E-state index contributed by atoms with van der Waals surface area (Å²) in [5.41, 5.74) is 0. The van der Waals surface area contributed by atoms with Crippen LogP contribution in [0.3, 0.4) is 0 Å². The van der Waals surface area contributed by atoms with Crippen LogP contribution in [0.15, 0.2) is 4.99 Å². The number of nitrogens with one attached hydrogen (secondary N) is 2. The van der Waals surface area contributed by atoms with Crippen LogP contribution < -0.4 is 10.6 Å². The molecule has 1 aliphatic carbocycles. The number of carbonyl (C=O) groups excluding carboxylic acids is 1.